The number of aromatic nitrogens is 2. The summed E-state index contributed by atoms with van der Waals surface area (Å²) in [6, 6.07) is 22.7. The second kappa shape index (κ2) is 9.95. The fourth-order valence-corrected chi connectivity index (χ4v) is 5.25. The lowest BCUT2D eigenvalue weighted by Gasteiger charge is -2.20. The summed E-state index contributed by atoms with van der Waals surface area (Å²) >= 11 is 0. The number of amides is 1. The van der Waals surface area contributed by atoms with Gasteiger partial charge < -0.3 is 14.2 Å². The number of imidazole rings is 1. The summed E-state index contributed by atoms with van der Waals surface area (Å²) in [6.07, 6.45) is 2.26. The number of hydrogen-bond acceptors (Lipinski definition) is 3. The Morgan fingerprint density at radius 1 is 0.971 bits per heavy atom. The van der Waals surface area contributed by atoms with Crippen LogP contribution in [-0.2, 0) is 17.8 Å². The third-order valence-electron chi connectivity index (χ3n) is 7.02. The predicted molar refractivity (Wildman–Crippen MR) is 141 cm³/mol. The van der Waals surface area contributed by atoms with Gasteiger partial charge in [0.2, 0.25) is 5.91 Å². The number of fused-ring (bicyclic) bond motifs is 1. The van der Waals surface area contributed by atoms with Crippen molar-refractivity contribution in [3.8, 4) is 5.75 Å². The maximum atomic E-state index is 13.1. The number of benzene rings is 3. The number of carbonyl (C=O) groups is 1. The molecule has 3 aromatic carbocycles. The molecule has 1 amide bonds. The summed E-state index contributed by atoms with van der Waals surface area (Å²) in [4.78, 5) is 20.1. The van der Waals surface area contributed by atoms with E-state index in [2.05, 4.69) is 73.9 Å². The molecule has 1 saturated heterocycles. The normalized spacial score (nSPS) is 15.8. The molecule has 1 atom stereocenters. The van der Waals surface area contributed by atoms with Gasteiger partial charge in [-0.1, -0.05) is 55.5 Å². The lowest BCUT2D eigenvalue weighted by molar-refractivity contribution is -0.117. The van der Waals surface area contributed by atoms with Crippen LogP contribution in [0.25, 0.3) is 11.0 Å². The highest BCUT2D eigenvalue weighted by atomic mass is 16.5. The Balaban J connectivity index is 1.37. The van der Waals surface area contributed by atoms with Crippen molar-refractivity contribution in [1.29, 1.82) is 0 Å². The number of aryl methyl sites for hydroxylation is 4. The Labute approximate surface area is 207 Å². The standard InChI is InChI=1S/C30H33N3O2/c1-4-23-13-5-7-15-26(23)33-20-24(19-28(33)34)30-31-25-14-6-8-16-27(25)32(30)17-10-18-35-29-21(2)11-9-12-22(29)3/h5-9,11-16,24H,4,10,17-20H2,1-3H3/t24-/m0/s1. The molecule has 0 saturated carbocycles. The maximum Gasteiger partial charge on any atom is 0.227 e. The molecule has 35 heavy (non-hydrogen) atoms. The molecule has 1 aliphatic heterocycles. The number of nitrogens with zero attached hydrogens (tertiary/aromatic N) is 3. The Bertz CT molecular complexity index is 1340. The van der Waals surface area contributed by atoms with Crippen LogP contribution < -0.4 is 9.64 Å². The van der Waals surface area contributed by atoms with Gasteiger partial charge in [-0.05, 0) is 61.6 Å². The molecule has 4 aromatic rings. The topological polar surface area (TPSA) is 47.4 Å². The van der Waals surface area contributed by atoms with E-state index in [1.807, 2.05) is 23.1 Å². The second-order valence-electron chi connectivity index (χ2n) is 9.42. The number of hydrogen-bond donors (Lipinski definition) is 0. The summed E-state index contributed by atoms with van der Waals surface area (Å²) in [5.74, 6) is 2.23. The van der Waals surface area contributed by atoms with E-state index in [4.69, 9.17) is 9.72 Å². The molecule has 5 heteroatoms. The molecule has 5 rings (SSSR count). The van der Waals surface area contributed by atoms with E-state index in [-0.39, 0.29) is 11.8 Å². The van der Waals surface area contributed by atoms with Crippen molar-refractivity contribution in [2.75, 3.05) is 18.1 Å². The summed E-state index contributed by atoms with van der Waals surface area (Å²) < 4.78 is 8.47. The monoisotopic (exact) mass is 467 g/mol. The smallest absolute Gasteiger partial charge is 0.227 e. The van der Waals surface area contributed by atoms with Crippen molar-refractivity contribution < 1.29 is 9.53 Å². The molecule has 0 unspecified atom stereocenters. The van der Waals surface area contributed by atoms with E-state index in [0.29, 0.717) is 19.6 Å². The lowest BCUT2D eigenvalue weighted by Crippen LogP contribution is -2.25. The third kappa shape index (κ3) is 4.55. The minimum Gasteiger partial charge on any atom is -0.493 e. The molecule has 2 heterocycles. The molecular formula is C30H33N3O2. The average molecular weight is 468 g/mol. The van der Waals surface area contributed by atoms with E-state index in [1.54, 1.807) is 0 Å². The summed E-state index contributed by atoms with van der Waals surface area (Å²) in [7, 11) is 0. The minimum atomic E-state index is 0.0688. The fraction of sp³-hybridized carbons (Fsp3) is 0.333. The number of para-hydroxylation sites is 4. The van der Waals surface area contributed by atoms with Crippen LogP contribution in [0.4, 0.5) is 5.69 Å². The minimum absolute atomic E-state index is 0.0688. The number of ether oxygens (including phenoxy) is 1. The van der Waals surface area contributed by atoms with Crippen molar-refractivity contribution in [2.45, 2.75) is 52.5 Å². The molecule has 0 spiro atoms. The Morgan fingerprint density at radius 3 is 2.51 bits per heavy atom. The zero-order valence-corrected chi connectivity index (χ0v) is 20.8. The van der Waals surface area contributed by atoms with Crippen LogP contribution in [0.15, 0.2) is 66.7 Å². The van der Waals surface area contributed by atoms with Crippen LogP contribution in [0.1, 0.15) is 48.2 Å². The number of carbonyl (C=O) groups excluding carboxylic acids is 1. The quantitative estimate of drug-likeness (QED) is 0.290. The van der Waals surface area contributed by atoms with Crippen LogP contribution in [0.3, 0.4) is 0 Å². The number of anilines is 1. The molecule has 180 valence electrons. The van der Waals surface area contributed by atoms with Gasteiger partial charge in [-0.3, -0.25) is 4.79 Å². The van der Waals surface area contributed by atoms with Crippen LogP contribution in [0, 0.1) is 13.8 Å². The molecule has 0 N–H and O–H groups in total. The van der Waals surface area contributed by atoms with Gasteiger partial charge >= 0.3 is 0 Å². The molecular weight excluding hydrogens is 434 g/mol. The Kier molecular flexibility index (Phi) is 6.58. The SMILES string of the molecule is CCc1ccccc1N1C[C@@H](c2nc3ccccc3n2CCCOc2c(C)cccc2C)CC1=O. The highest BCUT2D eigenvalue weighted by molar-refractivity contribution is 5.97. The van der Waals surface area contributed by atoms with Gasteiger partial charge in [0, 0.05) is 31.1 Å². The van der Waals surface area contributed by atoms with E-state index in [0.717, 1.165) is 58.8 Å². The highest BCUT2D eigenvalue weighted by Crippen LogP contribution is 2.35. The first kappa shape index (κ1) is 23.2. The van der Waals surface area contributed by atoms with E-state index in [9.17, 15) is 4.79 Å². The van der Waals surface area contributed by atoms with Crippen molar-refractivity contribution in [3.63, 3.8) is 0 Å². The molecule has 1 fully saturated rings. The third-order valence-corrected chi connectivity index (χ3v) is 7.02. The molecule has 0 bridgehead atoms. The highest BCUT2D eigenvalue weighted by Gasteiger charge is 2.35. The second-order valence-corrected chi connectivity index (χ2v) is 9.42. The van der Waals surface area contributed by atoms with Crippen molar-refractivity contribution in [1.82, 2.24) is 9.55 Å². The fourth-order valence-electron chi connectivity index (χ4n) is 5.25. The molecule has 1 aromatic heterocycles. The van der Waals surface area contributed by atoms with Gasteiger partial charge in [-0.2, -0.15) is 0 Å². The lowest BCUT2D eigenvalue weighted by atomic mass is 10.1. The first-order valence-electron chi connectivity index (χ1n) is 12.6. The van der Waals surface area contributed by atoms with Crippen LogP contribution >= 0.6 is 0 Å². The van der Waals surface area contributed by atoms with E-state index in [1.165, 1.54) is 5.56 Å². The van der Waals surface area contributed by atoms with Gasteiger partial charge in [0.15, 0.2) is 0 Å². The Hall–Kier alpha value is -3.60. The Morgan fingerprint density at radius 2 is 1.71 bits per heavy atom. The first-order valence-corrected chi connectivity index (χ1v) is 12.6. The van der Waals surface area contributed by atoms with Gasteiger partial charge in [-0.25, -0.2) is 4.98 Å². The van der Waals surface area contributed by atoms with Gasteiger partial charge in [0.1, 0.15) is 11.6 Å². The molecule has 0 radical (unpaired) electrons. The van der Waals surface area contributed by atoms with Crippen LogP contribution in [0.2, 0.25) is 0 Å². The molecule has 1 aliphatic rings. The zero-order valence-electron chi connectivity index (χ0n) is 20.8. The predicted octanol–water partition coefficient (Wildman–Crippen LogP) is 6.21. The van der Waals surface area contributed by atoms with Gasteiger partial charge in [0.05, 0.1) is 17.6 Å². The average Bonchev–Trinajstić information content (AvgIpc) is 3.43. The largest absolute Gasteiger partial charge is 0.493 e. The molecule has 5 nitrogen and oxygen atoms in total. The van der Waals surface area contributed by atoms with Crippen LogP contribution in [0.5, 0.6) is 5.75 Å². The maximum absolute atomic E-state index is 13.1. The van der Waals surface area contributed by atoms with Crippen molar-refractivity contribution >= 4 is 22.6 Å². The van der Waals surface area contributed by atoms with Crippen molar-refractivity contribution in [2.24, 2.45) is 0 Å². The number of rotatable bonds is 8. The van der Waals surface area contributed by atoms with Gasteiger partial charge in [-0.15, -0.1) is 0 Å². The first-order chi connectivity index (χ1) is 17.1. The van der Waals surface area contributed by atoms with Crippen molar-refractivity contribution in [3.05, 3.63) is 89.2 Å². The zero-order chi connectivity index (χ0) is 24.4. The summed E-state index contributed by atoms with van der Waals surface area (Å²) in [5, 5.41) is 0. The summed E-state index contributed by atoms with van der Waals surface area (Å²) in [6.45, 7) is 8.41. The summed E-state index contributed by atoms with van der Waals surface area (Å²) in [5.41, 5.74) is 6.67. The molecule has 0 aliphatic carbocycles. The van der Waals surface area contributed by atoms with Crippen LogP contribution in [-0.4, -0.2) is 28.6 Å². The van der Waals surface area contributed by atoms with E-state index < -0.39 is 0 Å². The van der Waals surface area contributed by atoms with E-state index >= 15 is 0 Å². The van der Waals surface area contributed by atoms with Gasteiger partial charge in [0.25, 0.3) is 0 Å².